The number of piperidine rings is 1. The molecule has 84 valence electrons. The fourth-order valence-electron chi connectivity index (χ4n) is 2.19. The number of imidazole rings is 1. The largest absolute Gasteiger partial charge is 0.338 e. The van der Waals surface area contributed by atoms with E-state index in [-0.39, 0.29) is 0 Å². The molecule has 0 spiro atoms. The molecule has 2 N–H and O–H groups in total. The molecule has 1 aromatic heterocycles. The third-order valence-corrected chi connectivity index (χ3v) is 3.11. The molecule has 2 rings (SSSR count). The Balaban J connectivity index is 1.80. The molecule has 1 fully saturated rings. The van der Waals surface area contributed by atoms with Crippen LogP contribution in [0.5, 0.6) is 0 Å². The number of aryl methyl sites for hydroxylation is 1. The molecule has 1 aliphatic rings. The molecule has 0 radical (unpaired) electrons. The molecular formula is C11H20N4. The van der Waals surface area contributed by atoms with Gasteiger partial charge in [-0.15, -0.1) is 0 Å². The number of nitrogens with zero attached hydrogens (tertiary/aromatic N) is 3. The van der Waals surface area contributed by atoms with Gasteiger partial charge in [0.2, 0.25) is 0 Å². The van der Waals surface area contributed by atoms with Gasteiger partial charge in [-0.05, 0) is 19.4 Å². The predicted octanol–water partition coefficient (Wildman–Crippen LogP) is 0.386. The number of aromatic nitrogens is 2. The van der Waals surface area contributed by atoms with Gasteiger partial charge in [-0.25, -0.2) is 4.98 Å². The van der Waals surface area contributed by atoms with Gasteiger partial charge < -0.3 is 15.2 Å². The summed E-state index contributed by atoms with van der Waals surface area (Å²) >= 11 is 0. The monoisotopic (exact) mass is 208 g/mol. The normalized spacial score (nSPS) is 23.2. The van der Waals surface area contributed by atoms with Crippen LogP contribution >= 0.6 is 0 Å². The third kappa shape index (κ3) is 2.79. The van der Waals surface area contributed by atoms with Gasteiger partial charge in [-0.2, -0.15) is 0 Å². The lowest BCUT2D eigenvalue weighted by Gasteiger charge is -2.30. The predicted molar refractivity (Wildman–Crippen MR) is 60.6 cm³/mol. The topological polar surface area (TPSA) is 47.1 Å². The summed E-state index contributed by atoms with van der Waals surface area (Å²) in [6, 6.07) is 0.375. The highest BCUT2D eigenvalue weighted by molar-refractivity contribution is 4.92. The minimum atomic E-state index is 0.375. The Morgan fingerprint density at radius 1 is 1.60 bits per heavy atom. The van der Waals surface area contributed by atoms with Crippen molar-refractivity contribution < 1.29 is 0 Å². The maximum atomic E-state index is 5.94. The Kier molecular flexibility index (Phi) is 3.38. The smallest absolute Gasteiger partial charge is 0.109 e. The van der Waals surface area contributed by atoms with Gasteiger partial charge in [0.15, 0.2) is 0 Å². The fraction of sp³-hybridized carbons (Fsp3) is 0.727. The van der Waals surface area contributed by atoms with Crippen molar-refractivity contribution in [3.63, 3.8) is 0 Å². The van der Waals surface area contributed by atoms with Crippen LogP contribution in [0.25, 0.3) is 0 Å². The van der Waals surface area contributed by atoms with Crippen LogP contribution < -0.4 is 5.73 Å². The van der Waals surface area contributed by atoms with Gasteiger partial charge in [0.05, 0.1) is 0 Å². The summed E-state index contributed by atoms with van der Waals surface area (Å²) in [5.41, 5.74) is 5.94. The zero-order valence-corrected chi connectivity index (χ0v) is 9.39. The van der Waals surface area contributed by atoms with E-state index in [0.717, 1.165) is 25.3 Å². The highest BCUT2D eigenvalue weighted by Crippen LogP contribution is 2.08. The van der Waals surface area contributed by atoms with Gasteiger partial charge in [0.1, 0.15) is 5.82 Å². The molecule has 1 atom stereocenters. The quantitative estimate of drug-likeness (QED) is 0.781. The minimum absolute atomic E-state index is 0.375. The molecule has 0 aliphatic carbocycles. The molecule has 0 bridgehead atoms. The second-order valence-corrected chi connectivity index (χ2v) is 4.41. The Morgan fingerprint density at radius 3 is 3.13 bits per heavy atom. The molecule has 4 heteroatoms. The summed E-state index contributed by atoms with van der Waals surface area (Å²) in [5, 5.41) is 0. The van der Waals surface area contributed by atoms with Crippen LogP contribution in [0.2, 0.25) is 0 Å². The fourth-order valence-corrected chi connectivity index (χ4v) is 2.19. The van der Waals surface area contributed by atoms with Crippen molar-refractivity contribution in [1.29, 1.82) is 0 Å². The summed E-state index contributed by atoms with van der Waals surface area (Å²) in [5.74, 6) is 1.16. The standard InChI is InChI=1S/C11H20N4/c1-14-8-5-13-11(14)4-7-15-6-2-3-10(12)9-15/h5,8,10H,2-4,6-7,9,12H2,1H3. The zero-order chi connectivity index (χ0) is 10.7. The van der Waals surface area contributed by atoms with Gasteiger partial charge >= 0.3 is 0 Å². The molecule has 15 heavy (non-hydrogen) atoms. The van der Waals surface area contributed by atoms with E-state index in [2.05, 4.69) is 14.5 Å². The van der Waals surface area contributed by atoms with Crippen LogP contribution in [0.15, 0.2) is 12.4 Å². The van der Waals surface area contributed by atoms with E-state index in [9.17, 15) is 0 Å². The van der Waals surface area contributed by atoms with E-state index < -0.39 is 0 Å². The second kappa shape index (κ2) is 4.77. The van der Waals surface area contributed by atoms with Crippen molar-refractivity contribution in [2.75, 3.05) is 19.6 Å². The van der Waals surface area contributed by atoms with Crippen LogP contribution in [0.1, 0.15) is 18.7 Å². The molecule has 1 saturated heterocycles. The first-order valence-corrected chi connectivity index (χ1v) is 5.70. The highest BCUT2D eigenvalue weighted by Gasteiger charge is 2.16. The maximum Gasteiger partial charge on any atom is 0.109 e. The average molecular weight is 208 g/mol. The van der Waals surface area contributed by atoms with E-state index in [1.165, 1.54) is 19.4 Å². The third-order valence-electron chi connectivity index (χ3n) is 3.11. The summed E-state index contributed by atoms with van der Waals surface area (Å²) in [4.78, 5) is 6.77. The molecule has 1 aliphatic heterocycles. The summed E-state index contributed by atoms with van der Waals surface area (Å²) in [7, 11) is 2.05. The van der Waals surface area contributed by atoms with Gasteiger partial charge in [-0.1, -0.05) is 0 Å². The first kappa shape index (κ1) is 10.6. The van der Waals surface area contributed by atoms with Crippen molar-refractivity contribution in [3.8, 4) is 0 Å². The zero-order valence-electron chi connectivity index (χ0n) is 9.39. The maximum absolute atomic E-state index is 5.94. The summed E-state index contributed by atoms with van der Waals surface area (Å²) in [6.45, 7) is 3.32. The first-order chi connectivity index (χ1) is 7.25. The number of rotatable bonds is 3. The molecule has 4 nitrogen and oxygen atoms in total. The SMILES string of the molecule is Cn1ccnc1CCN1CCCC(N)C1. The lowest BCUT2D eigenvalue weighted by molar-refractivity contribution is 0.210. The minimum Gasteiger partial charge on any atom is -0.338 e. The van der Waals surface area contributed by atoms with Crippen molar-refractivity contribution >= 4 is 0 Å². The van der Waals surface area contributed by atoms with Crippen molar-refractivity contribution in [3.05, 3.63) is 18.2 Å². The molecule has 0 amide bonds. The van der Waals surface area contributed by atoms with Crippen molar-refractivity contribution in [1.82, 2.24) is 14.5 Å². The molecule has 2 heterocycles. The van der Waals surface area contributed by atoms with Crippen LogP contribution in [-0.2, 0) is 13.5 Å². The first-order valence-electron chi connectivity index (χ1n) is 5.70. The van der Waals surface area contributed by atoms with Gasteiger partial charge in [-0.3, -0.25) is 0 Å². The summed E-state index contributed by atoms with van der Waals surface area (Å²) in [6.07, 6.45) is 7.30. The number of hydrogen-bond acceptors (Lipinski definition) is 3. The Bertz CT molecular complexity index is 307. The lowest BCUT2D eigenvalue weighted by atomic mass is 10.1. The van der Waals surface area contributed by atoms with Crippen LogP contribution in [0.3, 0.4) is 0 Å². The number of nitrogens with two attached hydrogens (primary N) is 1. The second-order valence-electron chi connectivity index (χ2n) is 4.41. The molecule has 0 aromatic carbocycles. The molecular weight excluding hydrogens is 188 g/mol. The number of hydrogen-bond donors (Lipinski definition) is 1. The molecule has 0 saturated carbocycles. The van der Waals surface area contributed by atoms with Crippen molar-refractivity contribution in [2.24, 2.45) is 12.8 Å². The van der Waals surface area contributed by atoms with E-state index in [4.69, 9.17) is 5.73 Å². The molecule has 1 unspecified atom stereocenters. The highest BCUT2D eigenvalue weighted by atomic mass is 15.1. The van der Waals surface area contributed by atoms with Gasteiger partial charge in [0.25, 0.3) is 0 Å². The molecule has 1 aromatic rings. The van der Waals surface area contributed by atoms with E-state index in [1.807, 2.05) is 19.4 Å². The van der Waals surface area contributed by atoms with Crippen LogP contribution in [0.4, 0.5) is 0 Å². The van der Waals surface area contributed by atoms with Gasteiger partial charge in [0, 0.05) is 45.0 Å². The van der Waals surface area contributed by atoms with E-state index >= 15 is 0 Å². The average Bonchev–Trinajstić information content (AvgIpc) is 2.61. The summed E-state index contributed by atoms with van der Waals surface area (Å²) < 4.78 is 2.09. The Hall–Kier alpha value is -0.870. The Labute approximate surface area is 91.1 Å². The number of likely N-dealkylation sites (tertiary alicyclic amines) is 1. The van der Waals surface area contributed by atoms with Crippen LogP contribution in [-0.4, -0.2) is 40.1 Å². The van der Waals surface area contributed by atoms with Crippen molar-refractivity contribution in [2.45, 2.75) is 25.3 Å². The van der Waals surface area contributed by atoms with Crippen LogP contribution in [0, 0.1) is 0 Å². The van der Waals surface area contributed by atoms with E-state index in [1.54, 1.807) is 0 Å². The Morgan fingerprint density at radius 2 is 2.47 bits per heavy atom. The lowest BCUT2D eigenvalue weighted by Crippen LogP contribution is -2.43. The van der Waals surface area contributed by atoms with E-state index in [0.29, 0.717) is 6.04 Å².